The molecule has 0 aromatic heterocycles. The largest absolute Gasteiger partial charge is 0.463 e. The van der Waals surface area contributed by atoms with E-state index >= 15 is 0 Å². The Morgan fingerprint density at radius 2 is 1.58 bits per heavy atom. The molecule has 260 valence electrons. The van der Waals surface area contributed by atoms with Crippen LogP contribution in [0.3, 0.4) is 0 Å². The Bertz CT molecular complexity index is 1300. The molecule has 2 aromatic rings. The van der Waals surface area contributed by atoms with E-state index in [0.717, 1.165) is 24.0 Å². The highest BCUT2D eigenvalue weighted by Gasteiger charge is 2.32. The number of nitrogens with zero attached hydrogens (tertiary/aromatic N) is 1. The van der Waals surface area contributed by atoms with Gasteiger partial charge in [0.25, 0.3) is 0 Å². The number of aliphatic hydroxyl groups excluding tert-OH is 1. The van der Waals surface area contributed by atoms with Crippen LogP contribution in [-0.2, 0) is 36.9 Å². The minimum atomic E-state index is -0.652. The lowest BCUT2D eigenvalue weighted by Gasteiger charge is -2.26. The zero-order valence-electron chi connectivity index (χ0n) is 27.9. The summed E-state index contributed by atoms with van der Waals surface area (Å²) >= 11 is 0. The topological polar surface area (TPSA) is 134 Å². The van der Waals surface area contributed by atoms with E-state index in [1.54, 1.807) is 17.1 Å². The molecule has 0 unspecified atom stereocenters. The number of carbonyl (C=O) groups excluding carboxylic acids is 4. The summed E-state index contributed by atoms with van der Waals surface area (Å²) < 4.78 is 11.0. The zero-order valence-corrected chi connectivity index (χ0v) is 27.9. The van der Waals surface area contributed by atoms with Crippen molar-refractivity contribution in [3.05, 3.63) is 97.1 Å². The molecule has 0 spiro atoms. The molecule has 3 N–H and O–H groups in total. The van der Waals surface area contributed by atoms with Crippen LogP contribution in [0.1, 0.15) is 62.5 Å². The summed E-state index contributed by atoms with van der Waals surface area (Å²) in [5.41, 5.74) is 1.91. The Kier molecular flexibility index (Phi) is 17.0. The van der Waals surface area contributed by atoms with Gasteiger partial charge < -0.3 is 30.1 Å². The second-order valence-corrected chi connectivity index (χ2v) is 12.2. The van der Waals surface area contributed by atoms with Gasteiger partial charge in [-0.15, -0.1) is 13.2 Å². The van der Waals surface area contributed by atoms with Crippen molar-refractivity contribution in [3.63, 3.8) is 0 Å². The van der Waals surface area contributed by atoms with Crippen molar-refractivity contribution in [3.8, 4) is 0 Å². The molecule has 1 fully saturated rings. The number of carbonyl (C=O) groups is 4. The number of ether oxygens (including phenoxy) is 2. The van der Waals surface area contributed by atoms with Crippen LogP contribution in [0.2, 0.25) is 0 Å². The number of unbranched alkanes of at least 4 members (excludes halogenated alkanes) is 1. The fourth-order valence-corrected chi connectivity index (χ4v) is 5.83. The number of benzene rings is 2. The van der Waals surface area contributed by atoms with E-state index in [4.69, 9.17) is 9.47 Å². The maximum atomic E-state index is 13.5. The van der Waals surface area contributed by atoms with Gasteiger partial charge in [-0.2, -0.15) is 0 Å². The summed E-state index contributed by atoms with van der Waals surface area (Å²) in [4.78, 5) is 53.6. The Morgan fingerprint density at radius 1 is 0.917 bits per heavy atom. The maximum absolute atomic E-state index is 13.5. The highest BCUT2D eigenvalue weighted by atomic mass is 16.5. The smallest absolute Gasteiger partial charge is 0.407 e. The Hall–Kier alpha value is -4.44. The SMILES string of the molecule is C=CC[C@@H](CC(=O)N1CCC[C@H]1CO)C(=O)N[C@@H](CCCCNC(=O)OCc1ccccc1)COC(=O)[C@H](CC=C)Cc1ccccc1. The van der Waals surface area contributed by atoms with Crippen LogP contribution in [0.4, 0.5) is 4.79 Å². The fraction of sp³-hybridized carbons (Fsp3) is 0.474. The lowest BCUT2D eigenvalue weighted by molar-refractivity contribution is -0.150. The summed E-state index contributed by atoms with van der Waals surface area (Å²) in [7, 11) is 0. The van der Waals surface area contributed by atoms with Crippen molar-refractivity contribution < 1.29 is 33.8 Å². The van der Waals surface area contributed by atoms with Crippen LogP contribution in [-0.4, -0.2) is 72.3 Å². The molecule has 48 heavy (non-hydrogen) atoms. The fourth-order valence-electron chi connectivity index (χ4n) is 5.83. The monoisotopic (exact) mass is 661 g/mol. The number of hydrogen-bond donors (Lipinski definition) is 3. The van der Waals surface area contributed by atoms with Gasteiger partial charge in [-0.05, 0) is 62.5 Å². The molecule has 0 aliphatic carbocycles. The average Bonchev–Trinajstić information content (AvgIpc) is 3.59. The van der Waals surface area contributed by atoms with Gasteiger partial charge in [0.2, 0.25) is 11.8 Å². The van der Waals surface area contributed by atoms with Crippen molar-refractivity contribution in [2.45, 2.75) is 76.5 Å². The normalized spacial score (nSPS) is 15.9. The molecule has 1 aliphatic heterocycles. The van der Waals surface area contributed by atoms with Gasteiger partial charge >= 0.3 is 12.1 Å². The first kappa shape index (κ1) is 38.0. The third-order valence-corrected chi connectivity index (χ3v) is 8.50. The predicted octanol–water partition coefficient (Wildman–Crippen LogP) is 5.11. The quantitative estimate of drug-likeness (QED) is 0.0962. The van der Waals surface area contributed by atoms with Gasteiger partial charge in [-0.25, -0.2) is 4.79 Å². The standard InChI is InChI=1S/C38H51N3O7/c1-3-14-31(25-35(43)41-23-13-21-34(41)26-42)36(44)40-33(20-11-12-22-39-38(46)48-27-30-18-9-6-10-19-30)28-47-37(45)32(15-4-2)24-29-16-7-5-8-17-29/h3-10,16-19,31-34,42H,1-2,11-15,20-28H2,(H,39,46)(H,40,44)/t31-,32+,33-,34-/m0/s1. The van der Waals surface area contributed by atoms with Gasteiger partial charge in [0.15, 0.2) is 0 Å². The molecule has 0 saturated carbocycles. The van der Waals surface area contributed by atoms with E-state index in [9.17, 15) is 24.3 Å². The number of hydrogen-bond acceptors (Lipinski definition) is 7. The van der Waals surface area contributed by atoms with Crippen molar-refractivity contribution in [2.24, 2.45) is 11.8 Å². The van der Waals surface area contributed by atoms with E-state index in [1.165, 1.54) is 0 Å². The van der Waals surface area contributed by atoms with Crippen LogP contribution in [0, 0.1) is 11.8 Å². The van der Waals surface area contributed by atoms with Crippen LogP contribution in [0.15, 0.2) is 86.0 Å². The molecule has 1 aliphatic rings. The summed E-state index contributed by atoms with van der Waals surface area (Å²) in [5, 5.41) is 15.4. The number of alkyl carbamates (subject to hydrolysis) is 1. The summed E-state index contributed by atoms with van der Waals surface area (Å²) in [6, 6.07) is 18.4. The second kappa shape index (κ2) is 21.4. The first-order chi connectivity index (χ1) is 23.3. The van der Waals surface area contributed by atoms with E-state index < -0.39 is 24.0 Å². The van der Waals surface area contributed by atoms with Crippen LogP contribution in [0.25, 0.3) is 0 Å². The molecule has 3 rings (SSSR count). The predicted molar refractivity (Wildman–Crippen MR) is 185 cm³/mol. The van der Waals surface area contributed by atoms with Crippen molar-refractivity contribution in [1.29, 1.82) is 0 Å². The molecule has 10 nitrogen and oxygen atoms in total. The summed E-state index contributed by atoms with van der Waals surface area (Å²) in [6.07, 6.45) is 7.33. The number of esters is 1. The Morgan fingerprint density at radius 3 is 2.25 bits per heavy atom. The van der Waals surface area contributed by atoms with E-state index in [1.807, 2.05) is 60.7 Å². The third kappa shape index (κ3) is 13.4. The van der Waals surface area contributed by atoms with Crippen molar-refractivity contribution >= 4 is 23.9 Å². The molecular formula is C38H51N3O7. The highest BCUT2D eigenvalue weighted by molar-refractivity contribution is 5.86. The number of aliphatic hydroxyl groups is 1. The van der Waals surface area contributed by atoms with Crippen LogP contribution in [0.5, 0.6) is 0 Å². The molecule has 1 heterocycles. The molecule has 0 bridgehead atoms. The summed E-state index contributed by atoms with van der Waals surface area (Å²) in [6.45, 7) is 8.55. The zero-order chi connectivity index (χ0) is 34.6. The number of allylic oxidation sites excluding steroid dienone is 2. The Balaban J connectivity index is 1.58. The summed E-state index contributed by atoms with van der Waals surface area (Å²) in [5.74, 6) is -1.93. The molecule has 2 aromatic carbocycles. The first-order valence-electron chi connectivity index (χ1n) is 16.9. The number of rotatable bonds is 21. The molecule has 0 radical (unpaired) electrons. The molecule has 10 heteroatoms. The van der Waals surface area contributed by atoms with Crippen LogP contribution >= 0.6 is 0 Å². The lowest BCUT2D eigenvalue weighted by atomic mass is 9.96. The van der Waals surface area contributed by atoms with E-state index in [2.05, 4.69) is 23.8 Å². The van der Waals surface area contributed by atoms with E-state index in [-0.39, 0.29) is 50.1 Å². The van der Waals surface area contributed by atoms with Gasteiger partial charge in [0.1, 0.15) is 13.2 Å². The van der Waals surface area contributed by atoms with Gasteiger partial charge in [0.05, 0.1) is 30.5 Å². The third-order valence-electron chi connectivity index (χ3n) is 8.50. The van der Waals surface area contributed by atoms with Crippen molar-refractivity contribution in [2.75, 3.05) is 26.3 Å². The molecule has 4 atom stereocenters. The van der Waals surface area contributed by atoms with Gasteiger partial charge in [-0.3, -0.25) is 14.4 Å². The number of likely N-dealkylation sites (tertiary alicyclic amines) is 1. The Labute approximate surface area is 284 Å². The number of nitrogens with one attached hydrogen (secondary N) is 2. The minimum Gasteiger partial charge on any atom is -0.463 e. The minimum absolute atomic E-state index is 0.00560. The van der Waals surface area contributed by atoms with E-state index in [0.29, 0.717) is 51.6 Å². The number of amides is 3. The van der Waals surface area contributed by atoms with Crippen LogP contribution < -0.4 is 10.6 Å². The maximum Gasteiger partial charge on any atom is 0.407 e. The van der Waals surface area contributed by atoms with Crippen molar-refractivity contribution in [1.82, 2.24) is 15.5 Å². The highest BCUT2D eigenvalue weighted by Crippen LogP contribution is 2.21. The molecule has 1 saturated heterocycles. The first-order valence-corrected chi connectivity index (χ1v) is 16.9. The second-order valence-electron chi connectivity index (χ2n) is 12.2. The van der Waals surface area contributed by atoms with Gasteiger partial charge in [0, 0.05) is 19.5 Å². The average molecular weight is 662 g/mol. The molecular weight excluding hydrogens is 610 g/mol. The lowest BCUT2D eigenvalue weighted by Crippen LogP contribution is -2.44. The molecule has 3 amide bonds. The van der Waals surface area contributed by atoms with Gasteiger partial charge in [-0.1, -0.05) is 72.8 Å².